The monoisotopic (exact) mass is 269 g/mol. The molecule has 6 nitrogen and oxygen atoms in total. The van der Waals surface area contributed by atoms with Gasteiger partial charge in [-0.3, -0.25) is 9.89 Å². The van der Waals surface area contributed by atoms with E-state index in [9.17, 15) is 4.79 Å². The molecule has 0 aliphatic rings. The molecule has 0 aliphatic heterocycles. The molecular formula is C14H15N5O. The number of hydrogen-bond acceptors (Lipinski definition) is 4. The lowest BCUT2D eigenvalue weighted by molar-refractivity contribution is 0.0773. The van der Waals surface area contributed by atoms with Crippen molar-refractivity contribution in [2.24, 2.45) is 0 Å². The first-order chi connectivity index (χ1) is 9.63. The highest BCUT2D eigenvalue weighted by atomic mass is 16.2. The van der Waals surface area contributed by atoms with Crippen LogP contribution in [0.2, 0.25) is 0 Å². The van der Waals surface area contributed by atoms with E-state index in [0.717, 1.165) is 5.56 Å². The second-order valence-electron chi connectivity index (χ2n) is 4.43. The van der Waals surface area contributed by atoms with Crippen LogP contribution in [0, 0.1) is 11.3 Å². The van der Waals surface area contributed by atoms with Crippen LogP contribution in [-0.4, -0.2) is 33.0 Å². The lowest BCUT2D eigenvalue weighted by Gasteiger charge is -2.15. The topological polar surface area (TPSA) is 85.7 Å². The van der Waals surface area contributed by atoms with Gasteiger partial charge < -0.3 is 4.90 Å². The fraction of sp³-hybridized carbons (Fsp3) is 0.286. The van der Waals surface area contributed by atoms with E-state index < -0.39 is 0 Å². The largest absolute Gasteiger partial charge is 0.335 e. The maximum absolute atomic E-state index is 12.1. The fourth-order valence-electron chi connectivity index (χ4n) is 1.80. The zero-order valence-electron chi connectivity index (χ0n) is 11.4. The number of aromatic nitrogens is 3. The maximum atomic E-state index is 12.1. The predicted octanol–water partition coefficient (Wildman–Crippen LogP) is 1.51. The van der Waals surface area contributed by atoms with E-state index in [0.29, 0.717) is 24.4 Å². The van der Waals surface area contributed by atoms with Crippen molar-refractivity contribution in [2.75, 3.05) is 7.05 Å². The molecule has 0 fully saturated rings. The maximum Gasteiger partial charge on any atom is 0.293 e. The van der Waals surface area contributed by atoms with Crippen LogP contribution < -0.4 is 0 Å². The molecule has 20 heavy (non-hydrogen) atoms. The smallest absolute Gasteiger partial charge is 0.293 e. The minimum absolute atomic E-state index is 0.167. The van der Waals surface area contributed by atoms with Gasteiger partial charge in [-0.15, -0.1) is 5.10 Å². The van der Waals surface area contributed by atoms with E-state index in [1.54, 1.807) is 25.2 Å². The summed E-state index contributed by atoms with van der Waals surface area (Å²) < 4.78 is 0. The number of benzene rings is 1. The number of aryl methyl sites for hydroxylation is 1. The lowest BCUT2D eigenvalue weighted by atomic mass is 10.1. The zero-order valence-corrected chi connectivity index (χ0v) is 11.4. The number of rotatable bonds is 4. The second-order valence-corrected chi connectivity index (χ2v) is 4.43. The number of amides is 1. The third kappa shape index (κ3) is 3.01. The number of nitrogens with one attached hydrogen (secondary N) is 1. The fourth-order valence-corrected chi connectivity index (χ4v) is 1.80. The summed E-state index contributed by atoms with van der Waals surface area (Å²) in [7, 11) is 1.68. The Bertz CT molecular complexity index is 656. The molecular weight excluding hydrogens is 254 g/mol. The molecule has 102 valence electrons. The molecule has 1 amide bonds. The number of hydrogen-bond donors (Lipinski definition) is 1. The van der Waals surface area contributed by atoms with Crippen LogP contribution in [0.25, 0.3) is 0 Å². The Balaban J connectivity index is 2.09. The van der Waals surface area contributed by atoms with Gasteiger partial charge in [0.15, 0.2) is 0 Å². The number of carbonyl (C=O) groups excluding carboxylic acids is 1. The van der Waals surface area contributed by atoms with Crippen LogP contribution in [0.1, 0.15) is 34.5 Å². The summed E-state index contributed by atoms with van der Waals surface area (Å²) in [4.78, 5) is 17.8. The van der Waals surface area contributed by atoms with Crippen LogP contribution in [0.15, 0.2) is 24.3 Å². The molecule has 0 saturated heterocycles. The quantitative estimate of drug-likeness (QED) is 0.911. The van der Waals surface area contributed by atoms with Crippen molar-refractivity contribution in [3.8, 4) is 6.07 Å². The van der Waals surface area contributed by atoms with E-state index >= 15 is 0 Å². The third-order valence-corrected chi connectivity index (χ3v) is 2.88. The molecule has 2 rings (SSSR count). The first-order valence-corrected chi connectivity index (χ1v) is 6.29. The first-order valence-electron chi connectivity index (χ1n) is 6.29. The Labute approximate surface area is 117 Å². The average Bonchev–Trinajstić information content (AvgIpc) is 2.95. The number of carbonyl (C=O) groups is 1. The number of nitrogens with zero attached hydrogens (tertiary/aromatic N) is 4. The Morgan fingerprint density at radius 3 is 2.95 bits per heavy atom. The van der Waals surface area contributed by atoms with Gasteiger partial charge in [0.1, 0.15) is 5.82 Å². The minimum atomic E-state index is -0.247. The van der Waals surface area contributed by atoms with Gasteiger partial charge in [-0.25, -0.2) is 4.98 Å². The molecule has 1 heterocycles. The second kappa shape index (κ2) is 5.97. The van der Waals surface area contributed by atoms with Crippen LogP contribution in [0.4, 0.5) is 0 Å². The highest BCUT2D eigenvalue weighted by Crippen LogP contribution is 2.08. The van der Waals surface area contributed by atoms with E-state index in [2.05, 4.69) is 21.3 Å². The van der Waals surface area contributed by atoms with Crippen LogP contribution in [-0.2, 0) is 13.0 Å². The van der Waals surface area contributed by atoms with Crippen molar-refractivity contribution in [1.82, 2.24) is 20.1 Å². The lowest BCUT2D eigenvalue weighted by Crippen LogP contribution is -2.27. The van der Waals surface area contributed by atoms with Gasteiger partial charge in [0.2, 0.25) is 5.82 Å². The van der Waals surface area contributed by atoms with Gasteiger partial charge in [-0.05, 0) is 17.7 Å². The summed E-state index contributed by atoms with van der Waals surface area (Å²) >= 11 is 0. The summed E-state index contributed by atoms with van der Waals surface area (Å²) in [6, 6.07) is 9.25. The molecule has 1 aromatic heterocycles. The Hall–Kier alpha value is -2.68. The molecule has 0 aliphatic carbocycles. The molecule has 0 unspecified atom stereocenters. The molecule has 6 heteroatoms. The summed E-state index contributed by atoms with van der Waals surface area (Å²) in [6.45, 7) is 2.34. The summed E-state index contributed by atoms with van der Waals surface area (Å²) in [5, 5.41) is 15.5. The van der Waals surface area contributed by atoms with Gasteiger partial charge in [-0.1, -0.05) is 19.1 Å². The molecule has 0 saturated carbocycles. The molecule has 2 aromatic rings. The van der Waals surface area contributed by atoms with Gasteiger partial charge >= 0.3 is 0 Å². The molecule has 0 bridgehead atoms. The predicted molar refractivity (Wildman–Crippen MR) is 72.7 cm³/mol. The van der Waals surface area contributed by atoms with Crippen molar-refractivity contribution >= 4 is 5.91 Å². The number of nitriles is 1. The Kier molecular flexibility index (Phi) is 4.11. The van der Waals surface area contributed by atoms with Gasteiger partial charge in [0, 0.05) is 20.0 Å². The third-order valence-electron chi connectivity index (χ3n) is 2.88. The Morgan fingerprint density at radius 1 is 1.50 bits per heavy atom. The van der Waals surface area contributed by atoms with Crippen molar-refractivity contribution < 1.29 is 4.79 Å². The summed E-state index contributed by atoms with van der Waals surface area (Å²) in [5.41, 5.74) is 1.47. The average molecular weight is 269 g/mol. The molecule has 0 atom stereocenters. The molecule has 0 radical (unpaired) electrons. The summed E-state index contributed by atoms with van der Waals surface area (Å²) in [6.07, 6.45) is 0.703. The van der Waals surface area contributed by atoms with Crippen molar-refractivity contribution in [3.63, 3.8) is 0 Å². The van der Waals surface area contributed by atoms with E-state index in [1.165, 1.54) is 4.90 Å². The first kappa shape index (κ1) is 13.7. The van der Waals surface area contributed by atoms with E-state index in [1.807, 2.05) is 13.0 Å². The minimum Gasteiger partial charge on any atom is -0.335 e. The van der Waals surface area contributed by atoms with Crippen molar-refractivity contribution in [2.45, 2.75) is 19.9 Å². The SMILES string of the molecule is CCc1nc(C(=O)N(C)Cc2cccc(C#N)c2)n[nH]1. The molecule has 1 N–H and O–H groups in total. The number of H-pyrrole nitrogens is 1. The highest BCUT2D eigenvalue weighted by Gasteiger charge is 2.17. The van der Waals surface area contributed by atoms with Crippen molar-refractivity contribution in [1.29, 1.82) is 5.26 Å². The van der Waals surface area contributed by atoms with E-state index in [-0.39, 0.29) is 11.7 Å². The Morgan fingerprint density at radius 2 is 2.30 bits per heavy atom. The zero-order chi connectivity index (χ0) is 14.5. The standard InChI is InChI=1S/C14H15N5O/c1-3-12-16-13(18-17-12)14(20)19(2)9-11-6-4-5-10(7-11)8-15/h4-7H,3,9H2,1-2H3,(H,16,17,18). The van der Waals surface area contributed by atoms with Crippen LogP contribution >= 0.6 is 0 Å². The van der Waals surface area contributed by atoms with Crippen LogP contribution in [0.3, 0.4) is 0 Å². The van der Waals surface area contributed by atoms with Crippen LogP contribution in [0.5, 0.6) is 0 Å². The highest BCUT2D eigenvalue weighted by molar-refractivity contribution is 5.90. The summed E-state index contributed by atoms with van der Waals surface area (Å²) in [5.74, 6) is 0.609. The molecule has 0 spiro atoms. The normalized spacial score (nSPS) is 10.1. The van der Waals surface area contributed by atoms with Crippen molar-refractivity contribution in [3.05, 3.63) is 47.0 Å². The van der Waals surface area contributed by atoms with E-state index in [4.69, 9.17) is 5.26 Å². The van der Waals surface area contributed by atoms with Gasteiger partial charge in [0.05, 0.1) is 11.6 Å². The molecule has 1 aromatic carbocycles. The van der Waals surface area contributed by atoms with Gasteiger partial charge in [0.25, 0.3) is 5.91 Å². The number of aromatic amines is 1. The van der Waals surface area contributed by atoms with Gasteiger partial charge in [-0.2, -0.15) is 5.26 Å².